The van der Waals surface area contributed by atoms with Gasteiger partial charge < -0.3 is 10.1 Å². The largest absolute Gasteiger partial charge is 0.484 e. The molecule has 1 N–H and O–H groups in total. The van der Waals surface area contributed by atoms with Crippen molar-refractivity contribution in [1.82, 2.24) is 0 Å². The molecule has 0 aromatic heterocycles. The molecule has 4 heteroatoms. The quantitative estimate of drug-likeness (QED) is 0.884. The van der Waals surface area contributed by atoms with Crippen molar-refractivity contribution < 1.29 is 9.53 Å². The first-order chi connectivity index (χ1) is 10.0. The Balaban J connectivity index is 1.85. The Hall–Kier alpha value is -2.00. The second kappa shape index (κ2) is 7.14. The van der Waals surface area contributed by atoms with Gasteiger partial charge in [-0.25, -0.2) is 0 Å². The van der Waals surface area contributed by atoms with Gasteiger partial charge >= 0.3 is 0 Å². The van der Waals surface area contributed by atoms with E-state index in [4.69, 9.17) is 16.3 Å². The van der Waals surface area contributed by atoms with E-state index in [1.807, 2.05) is 24.3 Å². The van der Waals surface area contributed by atoms with Crippen LogP contribution in [-0.4, -0.2) is 12.5 Å². The van der Waals surface area contributed by atoms with E-state index < -0.39 is 0 Å². The molecule has 0 unspecified atom stereocenters. The molecule has 2 aromatic rings. The highest BCUT2D eigenvalue weighted by atomic mass is 35.5. The van der Waals surface area contributed by atoms with Crippen LogP contribution < -0.4 is 10.1 Å². The first-order valence-electron chi connectivity index (χ1n) is 6.83. The number of rotatable bonds is 5. The van der Waals surface area contributed by atoms with Gasteiger partial charge in [-0.1, -0.05) is 37.6 Å². The molecule has 3 nitrogen and oxygen atoms in total. The number of nitrogens with one attached hydrogen (secondary N) is 1. The molecule has 110 valence electrons. The Morgan fingerprint density at radius 1 is 1.10 bits per heavy atom. The van der Waals surface area contributed by atoms with Gasteiger partial charge in [-0.3, -0.25) is 4.79 Å². The maximum absolute atomic E-state index is 11.8. The van der Waals surface area contributed by atoms with Crippen molar-refractivity contribution in [2.75, 3.05) is 11.9 Å². The van der Waals surface area contributed by atoms with Crippen LogP contribution >= 0.6 is 11.6 Å². The highest BCUT2D eigenvalue weighted by Crippen LogP contribution is 2.18. The molecule has 2 rings (SSSR count). The SMILES string of the molecule is CC(C)c1ccc(NC(=O)COc2ccc(Cl)cc2)cc1. The van der Waals surface area contributed by atoms with Gasteiger partial charge in [0.2, 0.25) is 0 Å². The molecular formula is C17H18ClNO2. The van der Waals surface area contributed by atoms with Crippen LogP contribution in [0.4, 0.5) is 5.69 Å². The zero-order valence-electron chi connectivity index (χ0n) is 12.1. The number of amides is 1. The second-order valence-electron chi connectivity index (χ2n) is 5.07. The van der Waals surface area contributed by atoms with Gasteiger partial charge in [0.1, 0.15) is 5.75 Å². The van der Waals surface area contributed by atoms with Crippen LogP contribution in [-0.2, 0) is 4.79 Å². The number of benzene rings is 2. The molecule has 0 saturated carbocycles. The number of ether oxygens (including phenoxy) is 1. The minimum atomic E-state index is -0.192. The van der Waals surface area contributed by atoms with Gasteiger partial charge in [-0.2, -0.15) is 0 Å². The fourth-order valence-electron chi connectivity index (χ4n) is 1.83. The molecule has 0 spiro atoms. The summed E-state index contributed by atoms with van der Waals surface area (Å²) in [5.74, 6) is 0.898. The first kappa shape index (κ1) is 15.4. The average molecular weight is 304 g/mol. The number of carbonyl (C=O) groups is 1. The van der Waals surface area contributed by atoms with Crippen molar-refractivity contribution in [3.63, 3.8) is 0 Å². The summed E-state index contributed by atoms with van der Waals surface area (Å²) in [5.41, 5.74) is 2.01. The zero-order valence-corrected chi connectivity index (χ0v) is 12.9. The van der Waals surface area contributed by atoms with Gasteiger partial charge in [0.25, 0.3) is 5.91 Å². The van der Waals surface area contributed by atoms with E-state index in [1.165, 1.54) is 5.56 Å². The fraction of sp³-hybridized carbons (Fsp3) is 0.235. The molecule has 0 saturated heterocycles. The van der Waals surface area contributed by atoms with E-state index in [9.17, 15) is 4.79 Å². The lowest BCUT2D eigenvalue weighted by Gasteiger charge is -2.09. The highest BCUT2D eigenvalue weighted by molar-refractivity contribution is 6.30. The number of halogens is 1. The van der Waals surface area contributed by atoms with Crippen LogP contribution in [0.5, 0.6) is 5.75 Å². The number of hydrogen-bond acceptors (Lipinski definition) is 2. The topological polar surface area (TPSA) is 38.3 Å². The van der Waals surface area contributed by atoms with Crippen LogP contribution in [0.2, 0.25) is 5.02 Å². The summed E-state index contributed by atoms with van der Waals surface area (Å²) in [6, 6.07) is 14.7. The standard InChI is InChI=1S/C17H18ClNO2/c1-12(2)13-3-7-15(8-4-13)19-17(20)11-21-16-9-5-14(18)6-10-16/h3-10,12H,11H2,1-2H3,(H,19,20). The third kappa shape index (κ3) is 4.80. The molecule has 1 amide bonds. The third-order valence-electron chi connectivity index (χ3n) is 3.04. The number of carbonyl (C=O) groups excluding carboxylic acids is 1. The first-order valence-corrected chi connectivity index (χ1v) is 7.20. The van der Waals surface area contributed by atoms with E-state index in [-0.39, 0.29) is 12.5 Å². The molecule has 21 heavy (non-hydrogen) atoms. The normalized spacial score (nSPS) is 10.5. The Morgan fingerprint density at radius 3 is 2.29 bits per heavy atom. The van der Waals surface area contributed by atoms with E-state index in [1.54, 1.807) is 24.3 Å². The summed E-state index contributed by atoms with van der Waals surface area (Å²) in [5, 5.41) is 3.44. The lowest BCUT2D eigenvalue weighted by atomic mass is 10.0. The predicted molar refractivity (Wildman–Crippen MR) is 86.1 cm³/mol. The zero-order chi connectivity index (χ0) is 15.2. The van der Waals surface area contributed by atoms with Crippen LogP contribution in [0.3, 0.4) is 0 Å². The Bertz CT molecular complexity index is 591. The smallest absolute Gasteiger partial charge is 0.262 e. The number of anilines is 1. The number of hydrogen-bond donors (Lipinski definition) is 1. The van der Waals surface area contributed by atoms with Crippen LogP contribution in [0.1, 0.15) is 25.3 Å². The lowest BCUT2D eigenvalue weighted by Crippen LogP contribution is -2.20. The van der Waals surface area contributed by atoms with Gasteiger partial charge in [-0.05, 0) is 47.9 Å². The highest BCUT2D eigenvalue weighted by Gasteiger charge is 2.05. The van der Waals surface area contributed by atoms with Gasteiger partial charge in [0.05, 0.1) is 0 Å². The molecule has 0 fully saturated rings. The molecule has 0 atom stereocenters. The lowest BCUT2D eigenvalue weighted by molar-refractivity contribution is -0.118. The maximum Gasteiger partial charge on any atom is 0.262 e. The summed E-state index contributed by atoms with van der Waals surface area (Å²) < 4.78 is 5.39. The minimum absolute atomic E-state index is 0.0342. The monoisotopic (exact) mass is 303 g/mol. The van der Waals surface area contributed by atoms with Crippen LogP contribution in [0, 0.1) is 0 Å². The van der Waals surface area contributed by atoms with Crippen molar-refractivity contribution in [2.24, 2.45) is 0 Å². The summed E-state index contributed by atoms with van der Waals surface area (Å²) in [4.78, 5) is 11.8. The third-order valence-corrected chi connectivity index (χ3v) is 3.30. The van der Waals surface area contributed by atoms with Crippen molar-refractivity contribution >= 4 is 23.2 Å². The molecule has 0 heterocycles. The van der Waals surface area contributed by atoms with Crippen LogP contribution in [0.25, 0.3) is 0 Å². The van der Waals surface area contributed by atoms with Crippen molar-refractivity contribution in [2.45, 2.75) is 19.8 Å². The summed E-state index contributed by atoms with van der Waals surface area (Å²) in [7, 11) is 0. The second-order valence-corrected chi connectivity index (χ2v) is 5.50. The van der Waals surface area contributed by atoms with Crippen molar-refractivity contribution in [3.05, 3.63) is 59.1 Å². The summed E-state index contributed by atoms with van der Waals surface area (Å²) >= 11 is 5.78. The van der Waals surface area contributed by atoms with E-state index >= 15 is 0 Å². The van der Waals surface area contributed by atoms with Gasteiger partial charge in [0, 0.05) is 10.7 Å². The molecule has 0 aliphatic carbocycles. The molecular weight excluding hydrogens is 286 g/mol. The summed E-state index contributed by atoms with van der Waals surface area (Å²) in [6.45, 7) is 4.23. The molecule has 2 aromatic carbocycles. The Kier molecular flexibility index (Phi) is 5.23. The van der Waals surface area contributed by atoms with Gasteiger partial charge in [-0.15, -0.1) is 0 Å². The maximum atomic E-state index is 11.8. The van der Waals surface area contributed by atoms with Crippen molar-refractivity contribution in [3.8, 4) is 5.75 Å². The molecule has 0 bridgehead atoms. The molecule has 0 aliphatic heterocycles. The Labute approximate surface area is 129 Å². The van der Waals surface area contributed by atoms with Crippen molar-refractivity contribution in [1.29, 1.82) is 0 Å². The predicted octanol–water partition coefficient (Wildman–Crippen LogP) is 4.48. The van der Waals surface area contributed by atoms with E-state index in [0.29, 0.717) is 16.7 Å². The van der Waals surface area contributed by atoms with E-state index in [2.05, 4.69) is 19.2 Å². The minimum Gasteiger partial charge on any atom is -0.484 e. The van der Waals surface area contributed by atoms with Crippen LogP contribution in [0.15, 0.2) is 48.5 Å². The molecule has 0 aliphatic rings. The van der Waals surface area contributed by atoms with Gasteiger partial charge in [0.15, 0.2) is 6.61 Å². The fourth-order valence-corrected chi connectivity index (χ4v) is 1.95. The van der Waals surface area contributed by atoms with E-state index in [0.717, 1.165) is 5.69 Å². The average Bonchev–Trinajstić information content (AvgIpc) is 2.47. The summed E-state index contributed by atoms with van der Waals surface area (Å²) in [6.07, 6.45) is 0. The molecule has 0 radical (unpaired) electrons. The Morgan fingerprint density at radius 2 is 1.71 bits per heavy atom.